The van der Waals surface area contributed by atoms with Gasteiger partial charge in [-0.1, -0.05) is 0 Å². The van der Waals surface area contributed by atoms with Crippen LogP contribution in [0.2, 0.25) is 0 Å². The van der Waals surface area contributed by atoms with Crippen molar-refractivity contribution in [3.63, 3.8) is 0 Å². The molecule has 0 aliphatic carbocycles. The molecule has 0 radical (unpaired) electrons. The van der Waals surface area contributed by atoms with Crippen molar-refractivity contribution < 1.29 is 9.53 Å². The molecule has 0 saturated heterocycles. The number of rotatable bonds is 0. The summed E-state index contributed by atoms with van der Waals surface area (Å²) < 4.78 is 4.63. The smallest absolute Gasteiger partial charge is 0.410 e. The molecule has 0 fully saturated rings. The maximum Gasteiger partial charge on any atom is 0.410 e. The van der Waals surface area contributed by atoms with Gasteiger partial charge in [0.1, 0.15) is 0 Å². The highest BCUT2D eigenvalue weighted by Gasteiger charge is 2.28. The molecule has 0 saturated carbocycles. The Balaban J connectivity index is 1.99. The fourth-order valence-corrected chi connectivity index (χ4v) is 1.72. The summed E-state index contributed by atoms with van der Waals surface area (Å²) in [6.07, 6.45) is 0.842. The minimum atomic E-state index is -0.230. The Morgan fingerprint density at radius 2 is 2.42 bits per heavy atom. The Bertz CT molecular complexity index is 231. The summed E-state index contributed by atoms with van der Waals surface area (Å²) in [4.78, 5) is 12.8. The van der Waals surface area contributed by atoms with Gasteiger partial charge in [-0.3, -0.25) is 4.90 Å². The molecule has 0 bridgehead atoms. The van der Waals surface area contributed by atoms with E-state index in [1.54, 1.807) is 4.90 Å². The van der Waals surface area contributed by atoms with Crippen molar-refractivity contribution >= 4 is 6.09 Å². The Labute approximate surface area is 71.2 Å². The average Bonchev–Trinajstić information content (AvgIpc) is 2.60. The number of hydrogen-bond acceptors (Lipinski definition) is 3. The molecule has 2 rings (SSSR count). The van der Waals surface area contributed by atoms with E-state index in [1.807, 2.05) is 0 Å². The molecule has 1 amide bonds. The lowest BCUT2D eigenvalue weighted by Crippen LogP contribution is -2.31. The zero-order valence-electron chi connectivity index (χ0n) is 7.09. The number of amides is 1. The van der Waals surface area contributed by atoms with Gasteiger partial charge < -0.3 is 10.1 Å². The van der Waals surface area contributed by atoms with Crippen molar-refractivity contribution in [2.24, 2.45) is 0 Å². The molecular weight excluding hydrogens is 156 g/mol. The van der Waals surface area contributed by atoms with E-state index in [-0.39, 0.29) is 6.09 Å². The van der Waals surface area contributed by atoms with Crippen LogP contribution in [0.25, 0.3) is 0 Å². The third-order valence-corrected chi connectivity index (χ3v) is 2.36. The van der Waals surface area contributed by atoms with E-state index in [0.717, 1.165) is 19.5 Å². The minimum Gasteiger partial charge on any atom is -0.453 e. The zero-order valence-corrected chi connectivity index (χ0v) is 7.09. The highest BCUT2D eigenvalue weighted by Crippen LogP contribution is 2.22. The zero-order chi connectivity index (χ0) is 8.55. The number of hydrogen-bond donors (Lipinski definition) is 1. The molecule has 1 N–H and O–H groups in total. The number of carbonyl (C=O) groups excluding carboxylic acids is 1. The summed E-state index contributed by atoms with van der Waals surface area (Å²) in [6.45, 7) is 2.47. The Hall–Kier alpha value is -1.19. The van der Waals surface area contributed by atoms with E-state index in [1.165, 1.54) is 18.4 Å². The van der Waals surface area contributed by atoms with Gasteiger partial charge in [-0.2, -0.15) is 0 Å². The van der Waals surface area contributed by atoms with Gasteiger partial charge >= 0.3 is 6.09 Å². The first-order valence-electron chi connectivity index (χ1n) is 4.09. The normalized spacial score (nSPS) is 20.9. The summed E-state index contributed by atoms with van der Waals surface area (Å²) in [5.74, 6) is 0. The second-order valence-corrected chi connectivity index (χ2v) is 3.08. The van der Waals surface area contributed by atoms with E-state index >= 15 is 0 Å². The predicted octanol–water partition coefficient (Wildman–Crippen LogP) is 0.316. The van der Waals surface area contributed by atoms with Crippen LogP contribution in [0.1, 0.15) is 6.42 Å². The Morgan fingerprint density at radius 1 is 1.58 bits per heavy atom. The first-order chi connectivity index (χ1) is 5.81. The second-order valence-electron chi connectivity index (χ2n) is 3.08. The van der Waals surface area contributed by atoms with E-state index in [2.05, 4.69) is 10.1 Å². The third kappa shape index (κ3) is 1.03. The van der Waals surface area contributed by atoms with E-state index in [4.69, 9.17) is 0 Å². The van der Waals surface area contributed by atoms with Crippen LogP contribution < -0.4 is 5.32 Å². The molecule has 4 heteroatoms. The van der Waals surface area contributed by atoms with E-state index in [9.17, 15) is 4.79 Å². The van der Waals surface area contributed by atoms with Gasteiger partial charge in [-0.15, -0.1) is 0 Å². The van der Waals surface area contributed by atoms with Gasteiger partial charge in [0, 0.05) is 18.8 Å². The predicted molar refractivity (Wildman–Crippen MR) is 43.6 cm³/mol. The van der Waals surface area contributed by atoms with Gasteiger partial charge in [0.25, 0.3) is 0 Å². The van der Waals surface area contributed by atoms with Crippen molar-refractivity contribution in [1.82, 2.24) is 10.2 Å². The second kappa shape index (κ2) is 2.69. The molecule has 0 spiro atoms. The topological polar surface area (TPSA) is 41.6 Å². The number of methoxy groups -OCH3 is 1. The quantitative estimate of drug-likeness (QED) is 0.566. The summed E-state index contributed by atoms with van der Waals surface area (Å²) in [5.41, 5.74) is 2.58. The largest absolute Gasteiger partial charge is 0.453 e. The lowest BCUT2D eigenvalue weighted by molar-refractivity contribution is 0.133. The fourth-order valence-electron chi connectivity index (χ4n) is 1.72. The SMILES string of the molecule is COC(=O)N1CC2=C(C1)NCC2. The highest BCUT2D eigenvalue weighted by molar-refractivity contribution is 5.69. The van der Waals surface area contributed by atoms with Crippen LogP contribution >= 0.6 is 0 Å². The van der Waals surface area contributed by atoms with E-state index < -0.39 is 0 Å². The van der Waals surface area contributed by atoms with Gasteiger partial charge in [-0.25, -0.2) is 4.79 Å². The molecule has 0 aromatic heterocycles. The first-order valence-corrected chi connectivity index (χ1v) is 4.09. The first kappa shape index (κ1) is 7.46. The molecule has 2 heterocycles. The standard InChI is InChI=1S/C8H12N2O2/c1-12-8(11)10-4-6-2-3-9-7(6)5-10/h9H,2-5H2,1H3. The molecule has 66 valence electrons. The molecule has 0 aromatic carbocycles. The van der Waals surface area contributed by atoms with Crippen LogP contribution in [-0.4, -0.2) is 37.7 Å². The van der Waals surface area contributed by atoms with Crippen molar-refractivity contribution in [2.75, 3.05) is 26.7 Å². The van der Waals surface area contributed by atoms with Crippen LogP contribution in [0.4, 0.5) is 4.79 Å². The monoisotopic (exact) mass is 168 g/mol. The summed E-state index contributed by atoms with van der Waals surface area (Å²) in [7, 11) is 1.42. The highest BCUT2D eigenvalue weighted by atomic mass is 16.5. The number of nitrogens with zero attached hydrogens (tertiary/aromatic N) is 1. The summed E-state index contributed by atoms with van der Waals surface area (Å²) in [6, 6.07) is 0. The number of nitrogens with one attached hydrogen (secondary N) is 1. The van der Waals surface area contributed by atoms with Crippen LogP contribution in [0, 0.1) is 0 Å². The molecule has 2 aliphatic heterocycles. The van der Waals surface area contributed by atoms with Gasteiger partial charge in [-0.05, 0) is 12.0 Å². The van der Waals surface area contributed by atoms with Gasteiger partial charge in [0.05, 0.1) is 13.7 Å². The van der Waals surface area contributed by atoms with E-state index in [0.29, 0.717) is 6.54 Å². The maximum absolute atomic E-state index is 11.1. The molecule has 12 heavy (non-hydrogen) atoms. The van der Waals surface area contributed by atoms with Crippen LogP contribution in [0.3, 0.4) is 0 Å². The third-order valence-electron chi connectivity index (χ3n) is 2.36. The van der Waals surface area contributed by atoms with Crippen molar-refractivity contribution in [1.29, 1.82) is 0 Å². The fraction of sp³-hybridized carbons (Fsp3) is 0.625. The van der Waals surface area contributed by atoms with Crippen molar-refractivity contribution in [3.05, 3.63) is 11.3 Å². The summed E-state index contributed by atoms with van der Waals surface area (Å²) >= 11 is 0. The number of carbonyl (C=O) groups is 1. The van der Waals surface area contributed by atoms with Crippen molar-refractivity contribution in [2.45, 2.75) is 6.42 Å². The lowest BCUT2D eigenvalue weighted by atomic mass is 10.2. The van der Waals surface area contributed by atoms with Crippen LogP contribution in [0.5, 0.6) is 0 Å². The Kier molecular flexibility index (Phi) is 1.67. The van der Waals surface area contributed by atoms with Gasteiger partial charge in [0.2, 0.25) is 0 Å². The van der Waals surface area contributed by atoms with Crippen LogP contribution in [-0.2, 0) is 4.74 Å². The molecule has 0 unspecified atom stereocenters. The van der Waals surface area contributed by atoms with Gasteiger partial charge in [0.15, 0.2) is 0 Å². The molecule has 0 atom stereocenters. The molecule has 4 nitrogen and oxygen atoms in total. The lowest BCUT2D eigenvalue weighted by Gasteiger charge is -2.15. The maximum atomic E-state index is 11.1. The van der Waals surface area contributed by atoms with Crippen molar-refractivity contribution in [3.8, 4) is 0 Å². The van der Waals surface area contributed by atoms with Crippen LogP contribution in [0.15, 0.2) is 11.3 Å². The molecular formula is C8H12N2O2. The molecule has 0 aromatic rings. The summed E-state index contributed by atoms with van der Waals surface area (Å²) in [5, 5.41) is 3.26. The Morgan fingerprint density at radius 3 is 3.08 bits per heavy atom. The minimum absolute atomic E-state index is 0.230. The molecule has 2 aliphatic rings. The number of ether oxygens (including phenoxy) is 1. The average molecular weight is 168 g/mol.